The van der Waals surface area contributed by atoms with Gasteiger partial charge in [0.2, 0.25) is 11.0 Å². The molecular weight excluding hydrogens is 284 g/mol. The minimum absolute atomic E-state index is 0.295. The zero-order valence-electron chi connectivity index (χ0n) is 9.75. The molecule has 0 saturated heterocycles. The van der Waals surface area contributed by atoms with E-state index in [9.17, 15) is 9.59 Å². The van der Waals surface area contributed by atoms with Crippen LogP contribution in [-0.2, 0) is 0 Å². The molecule has 19 heavy (non-hydrogen) atoms. The average molecular weight is 294 g/mol. The zero-order valence-corrected chi connectivity index (χ0v) is 11.4. The number of primary amides is 1. The third kappa shape index (κ3) is 2.64. The quantitative estimate of drug-likeness (QED) is 0.898. The molecular formula is C11H10N4O2S2. The largest absolute Gasteiger partial charge is 0.366 e. The Bertz CT molecular complexity index is 645. The molecule has 2 heterocycles. The summed E-state index contributed by atoms with van der Waals surface area (Å²) in [5, 5.41) is 13.7. The minimum atomic E-state index is -0.540. The molecule has 0 unspecified atom stereocenters. The highest BCUT2D eigenvalue weighted by molar-refractivity contribution is 7.16. The first-order valence-corrected chi connectivity index (χ1v) is 7.36. The molecule has 3 rings (SSSR count). The summed E-state index contributed by atoms with van der Waals surface area (Å²) in [6.07, 6.45) is 2.30. The van der Waals surface area contributed by atoms with Crippen LogP contribution >= 0.6 is 22.7 Å². The Morgan fingerprint density at radius 2 is 2.16 bits per heavy atom. The second kappa shape index (κ2) is 4.71. The molecule has 3 N–H and O–H groups in total. The predicted octanol–water partition coefficient (Wildman–Crippen LogP) is 1.83. The lowest BCUT2D eigenvalue weighted by atomic mass is 10.3. The van der Waals surface area contributed by atoms with Crippen LogP contribution in [0, 0.1) is 0 Å². The first-order valence-electron chi connectivity index (χ1n) is 5.66. The van der Waals surface area contributed by atoms with Crippen LogP contribution in [0.2, 0.25) is 0 Å². The van der Waals surface area contributed by atoms with Gasteiger partial charge in [0.25, 0.3) is 5.91 Å². The number of hydrogen-bond acceptors (Lipinski definition) is 6. The van der Waals surface area contributed by atoms with Crippen molar-refractivity contribution in [3.63, 3.8) is 0 Å². The van der Waals surface area contributed by atoms with Crippen molar-refractivity contribution in [1.82, 2.24) is 10.2 Å². The summed E-state index contributed by atoms with van der Waals surface area (Å²) >= 11 is 2.57. The highest BCUT2D eigenvalue weighted by Gasteiger charge is 2.27. The summed E-state index contributed by atoms with van der Waals surface area (Å²) < 4.78 is 0. The number of carbonyl (C=O) groups excluding carboxylic acids is 2. The Morgan fingerprint density at radius 3 is 2.79 bits per heavy atom. The second-order valence-electron chi connectivity index (χ2n) is 4.24. The zero-order chi connectivity index (χ0) is 13.4. The fourth-order valence-corrected chi connectivity index (χ4v) is 3.22. The van der Waals surface area contributed by atoms with Gasteiger partial charge in [-0.2, -0.15) is 0 Å². The van der Waals surface area contributed by atoms with Crippen molar-refractivity contribution in [1.29, 1.82) is 0 Å². The van der Waals surface area contributed by atoms with Gasteiger partial charge in [0.15, 0.2) is 0 Å². The van der Waals surface area contributed by atoms with E-state index < -0.39 is 5.91 Å². The van der Waals surface area contributed by atoms with Crippen molar-refractivity contribution >= 4 is 39.6 Å². The average Bonchev–Trinajstić information content (AvgIpc) is 2.92. The van der Waals surface area contributed by atoms with Gasteiger partial charge < -0.3 is 5.73 Å². The second-order valence-corrected chi connectivity index (χ2v) is 6.16. The van der Waals surface area contributed by atoms with E-state index in [2.05, 4.69) is 15.5 Å². The van der Waals surface area contributed by atoms with E-state index in [1.54, 1.807) is 5.38 Å². The van der Waals surface area contributed by atoms with Crippen molar-refractivity contribution in [3.05, 3.63) is 26.9 Å². The molecule has 98 valence electrons. The Hall–Kier alpha value is -1.80. The maximum atomic E-state index is 11.9. The van der Waals surface area contributed by atoms with Gasteiger partial charge in [-0.1, -0.05) is 11.3 Å². The number of thiophene rings is 1. The number of carbonyl (C=O) groups is 2. The molecule has 1 aliphatic rings. The molecule has 0 bridgehead atoms. The lowest BCUT2D eigenvalue weighted by molar-refractivity contribution is 0.100. The number of nitrogens with one attached hydrogen (secondary N) is 1. The lowest BCUT2D eigenvalue weighted by Gasteiger charge is -1.96. The third-order valence-corrected chi connectivity index (χ3v) is 4.63. The Morgan fingerprint density at radius 1 is 1.37 bits per heavy atom. The molecule has 1 aliphatic carbocycles. The van der Waals surface area contributed by atoms with Gasteiger partial charge in [-0.15, -0.1) is 21.5 Å². The molecule has 0 aliphatic heterocycles. The molecule has 1 fully saturated rings. The van der Waals surface area contributed by atoms with Crippen LogP contribution < -0.4 is 11.1 Å². The standard InChI is InChI=1S/C11H10N4O2S2/c12-8(16)6-3-7(18-4-6)9(17)13-11-15-14-10(19-11)5-1-2-5/h3-5H,1-2H2,(H2,12,16)(H,13,15,17). The first-order chi connectivity index (χ1) is 9.13. The molecule has 0 atom stereocenters. The van der Waals surface area contributed by atoms with E-state index in [-0.39, 0.29) is 5.91 Å². The smallest absolute Gasteiger partial charge is 0.267 e. The lowest BCUT2D eigenvalue weighted by Crippen LogP contribution is -2.11. The Labute approximate surface area is 116 Å². The van der Waals surface area contributed by atoms with Crippen LogP contribution in [0.4, 0.5) is 5.13 Å². The third-order valence-electron chi connectivity index (χ3n) is 2.70. The Balaban J connectivity index is 1.70. The van der Waals surface area contributed by atoms with Gasteiger partial charge in [-0.3, -0.25) is 14.9 Å². The minimum Gasteiger partial charge on any atom is -0.366 e. The molecule has 0 spiro atoms. The van der Waals surface area contributed by atoms with Crippen molar-refractivity contribution in [2.45, 2.75) is 18.8 Å². The van der Waals surface area contributed by atoms with Gasteiger partial charge in [0.05, 0.1) is 10.4 Å². The van der Waals surface area contributed by atoms with Crippen molar-refractivity contribution < 1.29 is 9.59 Å². The van der Waals surface area contributed by atoms with Gasteiger partial charge in [-0.25, -0.2) is 0 Å². The summed E-state index contributed by atoms with van der Waals surface area (Å²) in [4.78, 5) is 23.3. The van der Waals surface area contributed by atoms with Crippen molar-refractivity contribution in [2.75, 3.05) is 5.32 Å². The van der Waals surface area contributed by atoms with Crippen LogP contribution in [0.25, 0.3) is 0 Å². The van der Waals surface area contributed by atoms with Crippen LogP contribution in [0.5, 0.6) is 0 Å². The fourth-order valence-electron chi connectivity index (χ4n) is 1.52. The van der Waals surface area contributed by atoms with E-state index in [0.29, 0.717) is 21.5 Å². The van der Waals surface area contributed by atoms with Gasteiger partial charge in [-0.05, 0) is 18.9 Å². The molecule has 0 aromatic carbocycles. The van der Waals surface area contributed by atoms with E-state index in [1.807, 2.05) is 0 Å². The molecule has 2 aromatic heterocycles. The normalized spacial score (nSPS) is 14.3. The number of anilines is 1. The highest BCUT2D eigenvalue weighted by atomic mass is 32.1. The van der Waals surface area contributed by atoms with Crippen LogP contribution in [0.3, 0.4) is 0 Å². The number of rotatable bonds is 4. The first kappa shape index (κ1) is 12.2. The van der Waals surface area contributed by atoms with Crippen molar-refractivity contribution in [3.8, 4) is 0 Å². The summed E-state index contributed by atoms with van der Waals surface area (Å²) in [5.41, 5.74) is 5.48. The molecule has 2 aromatic rings. The maximum Gasteiger partial charge on any atom is 0.267 e. The van der Waals surface area contributed by atoms with E-state index in [1.165, 1.54) is 28.7 Å². The van der Waals surface area contributed by atoms with Gasteiger partial charge in [0, 0.05) is 11.3 Å². The summed E-state index contributed by atoms with van der Waals surface area (Å²) in [7, 11) is 0. The fraction of sp³-hybridized carbons (Fsp3) is 0.273. The molecule has 1 saturated carbocycles. The molecule has 2 amide bonds. The summed E-state index contributed by atoms with van der Waals surface area (Å²) in [6, 6.07) is 1.48. The van der Waals surface area contributed by atoms with Crippen molar-refractivity contribution in [2.24, 2.45) is 5.73 Å². The topological polar surface area (TPSA) is 98.0 Å². The molecule has 0 radical (unpaired) electrons. The summed E-state index contributed by atoms with van der Waals surface area (Å²) in [6.45, 7) is 0. The molecule has 6 nitrogen and oxygen atoms in total. The summed E-state index contributed by atoms with van der Waals surface area (Å²) in [5.74, 6) is -0.315. The van der Waals surface area contributed by atoms with E-state index >= 15 is 0 Å². The van der Waals surface area contributed by atoms with Crippen LogP contribution in [-0.4, -0.2) is 22.0 Å². The maximum absolute atomic E-state index is 11.9. The predicted molar refractivity (Wildman–Crippen MR) is 72.7 cm³/mol. The molecule has 8 heteroatoms. The number of hydrogen-bond donors (Lipinski definition) is 2. The SMILES string of the molecule is NC(=O)c1csc(C(=O)Nc2nnc(C3CC3)s2)c1. The Kier molecular flexibility index (Phi) is 3.03. The number of nitrogens with two attached hydrogens (primary N) is 1. The number of nitrogens with zero attached hydrogens (tertiary/aromatic N) is 2. The van der Waals surface area contributed by atoms with Gasteiger partial charge in [0.1, 0.15) is 5.01 Å². The number of aromatic nitrogens is 2. The monoisotopic (exact) mass is 294 g/mol. The highest BCUT2D eigenvalue weighted by Crippen LogP contribution is 2.42. The van der Waals surface area contributed by atoms with E-state index in [4.69, 9.17) is 5.73 Å². The van der Waals surface area contributed by atoms with Gasteiger partial charge >= 0.3 is 0 Å². The number of amides is 2. The van der Waals surface area contributed by atoms with Crippen LogP contribution in [0.15, 0.2) is 11.4 Å². The van der Waals surface area contributed by atoms with Crippen LogP contribution in [0.1, 0.15) is 43.8 Å². The van der Waals surface area contributed by atoms with E-state index in [0.717, 1.165) is 17.8 Å².